The summed E-state index contributed by atoms with van der Waals surface area (Å²) in [6.45, 7) is 12.5. The fourth-order valence-electron chi connectivity index (χ4n) is 8.27. The summed E-state index contributed by atoms with van der Waals surface area (Å²) in [6.07, 6.45) is 2.98. The quantitative estimate of drug-likeness (QED) is 0.199. The highest BCUT2D eigenvalue weighted by atomic mass is 16.5. The Labute approximate surface area is 301 Å². The van der Waals surface area contributed by atoms with E-state index in [0.717, 1.165) is 86.8 Å². The second-order valence-corrected chi connectivity index (χ2v) is 14.1. The van der Waals surface area contributed by atoms with Gasteiger partial charge in [0.15, 0.2) is 0 Å². The molecule has 4 aromatic rings. The smallest absolute Gasteiger partial charge is 0.257 e. The first-order valence-electron chi connectivity index (χ1n) is 18.5. The summed E-state index contributed by atoms with van der Waals surface area (Å²) in [7, 11) is 3.60. The van der Waals surface area contributed by atoms with Crippen molar-refractivity contribution in [1.82, 2.24) is 29.9 Å². The van der Waals surface area contributed by atoms with E-state index >= 15 is 0 Å². The molecule has 0 spiro atoms. The van der Waals surface area contributed by atoms with Crippen LogP contribution in [0, 0.1) is 0 Å². The molecule has 4 heterocycles. The fraction of sp³-hybridized carbons (Fsp3) is 0.475. The lowest BCUT2D eigenvalue weighted by Crippen LogP contribution is -2.39. The van der Waals surface area contributed by atoms with Crippen molar-refractivity contribution < 1.29 is 14.3 Å². The molecular formula is C40H52N8O3. The van der Waals surface area contributed by atoms with Crippen LogP contribution in [0.25, 0.3) is 11.0 Å². The number of fused-ring (bicyclic) bond motifs is 1. The molecule has 2 saturated heterocycles. The van der Waals surface area contributed by atoms with Crippen LogP contribution in [0.1, 0.15) is 60.6 Å². The number of rotatable bonds is 12. The zero-order valence-electron chi connectivity index (χ0n) is 30.6. The third-order valence-electron chi connectivity index (χ3n) is 11.0. The van der Waals surface area contributed by atoms with Crippen LogP contribution in [0.15, 0.2) is 77.9 Å². The Morgan fingerprint density at radius 3 is 2.59 bits per heavy atom. The lowest BCUT2D eigenvalue weighted by molar-refractivity contribution is 0.0777. The van der Waals surface area contributed by atoms with Crippen LogP contribution in [0.4, 0.5) is 5.95 Å². The maximum atomic E-state index is 14.3. The summed E-state index contributed by atoms with van der Waals surface area (Å²) in [4.78, 5) is 26.5. The zero-order chi connectivity index (χ0) is 35.4. The molecule has 3 aromatic carbocycles. The Balaban J connectivity index is 1.06. The van der Waals surface area contributed by atoms with Crippen molar-refractivity contribution in [2.24, 2.45) is 5.10 Å². The Morgan fingerprint density at radius 1 is 0.980 bits per heavy atom. The molecule has 1 amide bonds. The molecule has 0 aliphatic carbocycles. The summed E-state index contributed by atoms with van der Waals surface area (Å²) < 4.78 is 13.8. The lowest BCUT2D eigenvalue weighted by atomic mass is 9.76. The topological polar surface area (TPSA) is 90.7 Å². The van der Waals surface area contributed by atoms with Gasteiger partial charge in [-0.25, -0.2) is 10.5 Å². The number of amides is 1. The van der Waals surface area contributed by atoms with E-state index in [-0.39, 0.29) is 17.4 Å². The van der Waals surface area contributed by atoms with Crippen LogP contribution >= 0.6 is 0 Å². The third-order valence-corrected chi connectivity index (χ3v) is 11.0. The number of carbonyl (C=O) groups excluding carboxylic acids is 1. The average Bonchev–Trinajstić information content (AvgIpc) is 3.81. The number of hydrazone groups is 1. The van der Waals surface area contributed by atoms with Gasteiger partial charge >= 0.3 is 0 Å². The molecule has 51 heavy (non-hydrogen) atoms. The minimum Gasteiger partial charge on any atom is -0.496 e. The fourth-order valence-corrected chi connectivity index (χ4v) is 8.27. The summed E-state index contributed by atoms with van der Waals surface area (Å²) in [6, 6.07) is 25.1. The SMILES string of the molecule is CCOCCn1c(N2CCCN(CCC3(c4ccccc4)CCN(C(=O)c4cc(C5C(C)=NNN5C)ccc4OC)C3)CC2)nc2ccccc21. The number of benzene rings is 3. The standard InChI is InChI=1S/C40H52N8O3/c1-5-51-27-26-48-35-15-10-9-14-34(35)41-39(48)46-21-11-20-45(24-25-46)22-18-40(32-12-7-6-8-13-32)19-23-47(29-40)38(49)33-28-31(16-17-36(33)50-4)37-30(2)42-43-44(37)3/h6-10,12-17,28,37,43H,5,11,18-27,29H2,1-4H3. The Morgan fingerprint density at radius 2 is 1.80 bits per heavy atom. The normalized spacial score (nSPS) is 21.6. The van der Waals surface area contributed by atoms with Crippen LogP contribution in [0.2, 0.25) is 0 Å². The summed E-state index contributed by atoms with van der Waals surface area (Å²) in [5.41, 5.74) is 8.99. The average molecular weight is 693 g/mol. The molecule has 3 aliphatic rings. The molecule has 0 bridgehead atoms. The van der Waals surface area contributed by atoms with Crippen molar-refractivity contribution in [2.45, 2.75) is 51.1 Å². The van der Waals surface area contributed by atoms with Crippen LogP contribution in [0.5, 0.6) is 5.75 Å². The first-order valence-corrected chi connectivity index (χ1v) is 18.5. The Kier molecular flexibility index (Phi) is 10.6. The molecule has 270 valence electrons. The van der Waals surface area contributed by atoms with Gasteiger partial charge in [0.05, 0.1) is 42.1 Å². The number of nitrogens with zero attached hydrogens (tertiary/aromatic N) is 7. The van der Waals surface area contributed by atoms with Gasteiger partial charge < -0.3 is 28.7 Å². The van der Waals surface area contributed by atoms with Gasteiger partial charge in [0, 0.05) is 58.3 Å². The van der Waals surface area contributed by atoms with Gasteiger partial charge in [-0.1, -0.05) is 48.5 Å². The number of carbonyl (C=O) groups is 1. The number of hydrazine groups is 1. The van der Waals surface area contributed by atoms with E-state index in [0.29, 0.717) is 37.6 Å². The lowest BCUT2D eigenvalue weighted by Gasteiger charge is -2.33. The van der Waals surface area contributed by atoms with Crippen molar-refractivity contribution in [3.8, 4) is 5.75 Å². The molecule has 2 atom stereocenters. The minimum absolute atomic E-state index is 0.0207. The maximum Gasteiger partial charge on any atom is 0.257 e. The predicted molar refractivity (Wildman–Crippen MR) is 202 cm³/mol. The molecule has 1 N–H and O–H groups in total. The van der Waals surface area contributed by atoms with Crippen LogP contribution < -0.4 is 15.2 Å². The number of imidazole rings is 1. The first kappa shape index (κ1) is 35.0. The van der Waals surface area contributed by atoms with Crippen LogP contribution in [-0.2, 0) is 16.7 Å². The molecule has 2 fully saturated rings. The van der Waals surface area contributed by atoms with Crippen molar-refractivity contribution in [3.05, 3.63) is 89.5 Å². The molecule has 2 unspecified atom stereocenters. The monoisotopic (exact) mass is 692 g/mol. The molecule has 11 nitrogen and oxygen atoms in total. The molecular weight excluding hydrogens is 640 g/mol. The molecule has 11 heteroatoms. The number of anilines is 1. The largest absolute Gasteiger partial charge is 0.496 e. The van der Waals surface area contributed by atoms with E-state index in [1.807, 2.05) is 49.0 Å². The molecule has 0 radical (unpaired) electrons. The third kappa shape index (κ3) is 7.20. The molecule has 7 rings (SSSR count). The van der Waals surface area contributed by atoms with Gasteiger partial charge in [0.2, 0.25) is 5.95 Å². The van der Waals surface area contributed by atoms with Crippen molar-refractivity contribution >= 4 is 28.6 Å². The number of hydrogen-bond acceptors (Lipinski definition) is 9. The molecule has 1 aromatic heterocycles. The van der Waals surface area contributed by atoms with Gasteiger partial charge in [0.25, 0.3) is 5.91 Å². The van der Waals surface area contributed by atoms with E-state index < -0.39 is 0 Å². The van der Waals surface area contributed by atoms with E-state index in [1.54, 1.807) is 7.11 Å². The number of hydrogen-bond donors (Lipinski definition) is 1. The van der Waals surface area contributed by atoms with E-state index in [1.165, 1.54) is 5.56 Å². The van der Waals surface area contributed by atoms with E-state index in [4.69, 9.17) is 14.5 Å². The second kappa shape index (κ2) is 15.4. The number of aromatic nitrogens is 2. The number of methoxy groups -OCH3 is 1. The molecule has 0 saturated carbocycles. The Hall–Kier alpha value is -4.45. The van der Waals surface area contributed by atoms with Crippen LogP contribution in [-0.4, -0.2) is 109 Å². The van der Waals surface area contributed by atoms with Crippen molar-refractivity contribution in [1.29, 1.82) is 0 Å². The summed E-state index contributed by atoms with van der Waals surface area (Å²) >= 11 is 0. The predicted octanol–water partition coefficient (Wildman–Crippen LogP) is 5.33. The maximum absolute atomic E-state index is 14.3. The van der Waals surface area contributed by atoms with Gasteiger partial charge in [0.1, 0.15) is 5.75 Å². The first-order chi connectivity index (χ1) is 24.9. The number of nitrogens with one attached hydrogen (secondary N) is 1. The zero-order valence-corrected chi connectivity index (χ0v) is 30.6. The van der Waals surface area contributed by atoms with Gasteiger partial charge in [-0.05, 0) is 81.6 Å². The second-order valence-electron chi connectivity index (χ2n) is 14.1. The van der Waals surface area contributed by atoms with Crippen molar-refractivity contribution in [3.63, 3.8) is 0 Å². The number of ether oxygens (including phenoxy) is 2. The highest BCUT2D eigenvalue weighted by Gasteiger charge is 2.42. The summed E-state index contributed by atoms with van der Waals surface area (Å²) in [5.74, 6) is 1.67. The highest BCUT2D eigenvalue weighted by Crippen LogP contribution is 2.40. The van der Waals surface area contributed by atoms with Crippen LogP contribution in [0.3, 0.4) is 0 Å². The highest BCUT2D eigenvalue weighted by molar-refractivity contribution is 5.98. The number of para-hydroxylation sites is 2. The van der Waals surface area contributed by atoms with Crippen molar-refractivity contribution in [2.75, 3.05) is 78.1 Å². The summed E-state index contributed by atoms with van der Waals surface area (Å²) in [5, 5.41) is 6.34. The number of likely N-dealkylation sites (tertiary alicyclic amines) is 1. The van der Waals surface area contributed by atoms with Gasteiger partial charge in [-0.15, -0.1) is 0 Å². The van der Waals surface area contributed by atoms with Gasteiger partial charge in [-0.2, -0.15) is 10.1 Å². The minimum atomic E-state index is -0.125. The van der Waals surface area contributed by atoms with Gasteiger partial charge in [-0.3, -0.25) is 4.79 Å². The van der Waals surface area contributed by atoms with E-state index in [2.05, 4.69) is 79.6 Å². The van der Waals surface area contributed by atoms with E-state index in [9.17, 15) is 4.79 Å². The molecule has 3 aliphatic heterocycles. The Bertz CT molecular complexity index is 1840.